The molecular weight excluding hydrogens is 156 g/mol. The van der Waals surface area contributed by atoms with Crippen molar-refractivity contribution in [2.45, 2.75) is 33.0 Å². The Bertz CT molecular complexity index is 215. The summed E-state index contributed by atoms with van der Waals surface area (Å²) in [5.41, 5.74) is 1.04. The van der Waals surface area contributed by atoms with Gasteiger partial charge in [0.2, 0.25) is 14.2 Å². The van der Waals surface area contributed by atoms with Crippen LogP contribution in [0.5, 0.6) is 0 Å². The second-order valence-electron chi connectivity index (χ2n) is 3.72. The molecule has 0 amide bonds. The van der Waals surface area contributed by atoms with E-state index in [0.29, 0.717) is 0 Å². The smallest absolute Gasteiger partial charge is 0.243 e. The molecule has 0 bridgehead atoms. The number of hydrogen-bond donors (Lipinski definition) is 0. The van der Waals surface area contributed by atoms with E-state index >= 15 is 0 Å². The Balaban J connectivity index is 2.44. The van der Waals surface area contributed by atoms with Crippen LogP contribution in [0.3, 0.4) is 0 Å². The van der Waals surface area contributed by atoms with Gasteiger partial charge < -0.3 is 4.43 Å². The maximum atomic E-state index is 5.64. The van der Waals surface area contributed by atoms with Gasteiger partial charge in [0, 0.05) is 5.71 Å². The van der Waals surface area contributed by atoms with Crippen molar-refractivity contribution in [3.05, 3.63) is 0 Å². The van der Waals surface area contributed by atoms with E-state index in [1.165, 1.54) is 0 Å². The van der Waals surface area contributed by atoms with Gasteiger partial charge in [0.15, 0.2) is 0 Å². The van der Waals surface area contributed by atoms with Crippen molar-refractivity contribution in [3.8, 4) is 0 Å². The van der Waals surface area contributed by atoms with Crippen molar-refractivity contribution < 1.29 is 4.43 Å². The highest BCUT2D eigenvalue weighted by Crippen LogP contribution is 2.10. The molecule has 0 atom stereocenters. The lowest BCUT2D eigenvalue weighted by atomic mass is 10.3. The molecule has 1 aliphatic heterocycles. The normalized spacial score (nSPS) is 17.8. The second kappa shape index (κ2) is 2.77. The Kier molecular flexibility index (Phi) is 2.13. The fraction of sp³-hybridized carbons (Fsp3) is 0.714. The quantitative estimate of drug-likeness (QED) is 0.554. The summed E-state index contributed by atoms with van der Waals surface area (Å²) in [6.07, 6.45) is 0.796. The molecule has 1 rings (SSSR count). The molecule has 0 aromatic heterocycles. The van der Waals surface area contributed by atoms with Crippen LogP contribution in [0.25, 0.3) is 0 Å². The zero-order chi connectivity index (χ0) is 8.48. The summed E-state index contributed by atoms with van der Waals surface area (Å²) in [6.45, 7) is 8.39. The summed E-state index contributed by atoms with van der Waals surface area (Å²) < 4.78 is 5.64. The van der Waals surface area contributed by atoms with Gasteiger partial charge in [-0.1, -0.05) is 0 Å². The van der Waals surface area contributed by atoms with Crippen LogP contribution in [0, 0.1) is 0 Å². The van der Waals surface area contributed by atoms with Gasteiger partial charge in [0.1, 0.15) is 0 Å². The van der Waals surface area contributed by atoms with Gasteiger partial charge >= 0.3 is 0 Å². The van der Waals surface area contributed by atoms with Crippen LogP contribution >= 0.6 is 0 Å². The first kappa shape index (κ1) is 8.45. The first-order valence-electron chi connectivity index (χ1n) is 3.76. The van der Waals surface area contributed by atoms with Gasteiger partial charge in [-0.25, -0.2) is 0 Å². The summed E-state index contributed by atoms with van der Waals surface area (Å²) in [5, 5.41) is 7.82. The maximum Gasteiger partial charge on any atom is 0.243 e. The van der Waals surface area contributed by atoms with Crippen molar-refractivity contribution in [2.75, 3.05) is 0 Å². The Hall–Kier alpha value is -0.643. The monoisotopic (exact) mass is 170 g/mol. The Morgan fingerprint density at radius 2 is 1.91 bits per heavy atom. The summed E-state index contributed by atoms with van der Waals surface area (Å²) in [5.74, 6) is 0.793. The van der Waals surface area contributed by atoms with Gasteiger partial charge in [-0.15, -0.1) is 5.10 Å². The van der Waals surface area contributed by atoms with E-state index in [4.69, 9.17) is 4.43 Å². The minimum atomic E-state index is -1.46. The van der Waals surface area contributed by atoms with E-state index in [1.807, 2.05) is 6.92 Å². The molecule has 0 saturated carbocycles. The number of hydrogen-bond acceptors (Lipinski definition) is 3. The molecule has 62 valence electrons. The molecule has 0 spiro atoms. The Morgan fingerprint density at radius 1 is 1.27 bits per heavy atom. The van der Waals surface area contributed by atoms with Gasteiger partial charge in [0.05, 0.1) is 6.42 Å². The van der Waals surface area contributed by atoms with Gasteiger partial charge in [-0.05, 0) is 26.6 Å². The molecule has 0 radical (unpaired) electrons. The third kappa shape index (κ3) is 2.84. The minimum Gasteiger partial charge on any atom is -0.533 e. The second-order valence-corrected chi connectivity index (χ2v) is 8.15. The molecule has 3 nitrogen and oxygen atoms in total. The van der Waals surface area contributed by atoms with Crippen LogP contribution in [-0.2, 0) is 4.43 Å². The Labute approximate surface area is 68.3 Å². The zero-order valence-corrected chi connectivity index (χ0v) is 8.51. The predicted octanol–water partition coefficient (Wildman–Crippen LogP) is 2.02. The highest BCUT2D eigenvalue weighted by atomic mass is 28.4. The van der Waals surface area contributed by atoms with Crippen LogP contribution in [0.15, 0.2) is 10.2 Å². The molecule has 0 aliphatic carbocycles. The van der Waals surface area contributed by atoms with Crippen molar-refractivity contribution in [1.82, 2.24) is 0 Å². The fourth-order valence-electron chi connectivity index (χ4n) is 0.841. The fourth-order valence-corrected chi connectivity index (χ4v) is 1.66. The van der Waals surface area contributed by atoms with Crippen LogP contribution in [0.1, 0.15) is 13.3 Å². The predicted molar refractivity (Wildman–Crippen MR) is 49.6 cm³/mol. The Morgan fingerprint density at radius 3 is 2.27 bits per heavy atom. The van der Waals surface area contributed by atoms with Crippen molar-refractivity contribution >= 4 is 19.9 Å². The number of rotatable bonds is 1. The molecule has 0 unspecified atom stereocenters. The first-order valence-corrected chi connectivity index (χ1v) is 7.17. The van der Waals surface area contributed by atoms with Crippen LogP contribution in [0.4, 0.5) is 0 Å². The van der Waals surface area contributed by atoms with E-state index in [2.05, 4.69) is 29.8 Å². The van der Waals surface area contributed by atoms with Crippen molar-refractivity contribution in [1.29, 1.82) is 0 Å². The van der Waals surface area contributed by atoms with Crippen LogP contribution < -0.4 is 0 Å². The molecule has 1 heterocycles. The standard InChI is InChI=1S/C7H14N2OSi/c1-6-5-7(9-8-6)10-11(2,3)4/h5H2,1-4H3. The first-order chi connectivity index (χ1) is 4.97. The average Bonchev–Trinajstić information content (AvgIpc) is 2.10. The minimum absolute atomic E-state index is 0.793. The topological polar surface area (TPSA) is 34.0 Å². The lowest BCUT2D eigenvalue weighted by Gasteiger charge is -2.17. The largest absolute Gasteiger partial charge is 0.533 e. The molecule has 0 N–H and O–H groups in total. The number of nitrogens with zero attached hydrogens (tertiary/aromatic N) is 2. The highest BCUT2D eigenvalue weighted by Gasteiger charge is 2.20. The lowest BCUT2D eigenvalue weighted by molar-refractivity contribution is 0.543. The summed E-state index contributed by atoms with van der Waals surface area (Å²) >= 11 is 0. The van der Waals surface area contributed by atoms with Crippen LogP contribution in [0.2, 0.25) is 19.6 Å². The summed E-state index contributed by atoms with van der Waals surface area (Å²) in [6, 6.07) is 0. The third-order valence-corrected chi connectivity index (χ3v) is 2.01. The van der Waals surface area contributed by atoms with Crippen molar-refractivity contribution in [3.63, 3.8) is 0 Å². The maximum absolute atomic E-state index is 5.64. The van der Waals surface area contributed by atoms with Gasteiger partial charge in [0.25, 0.3) is 0 Å². The van der Waals surface area contributed by atoms with E-state index in [1.54, 1.807) is 0 Å². The third-order valence-electron chi connectivity index (χ3n) is 1.16. The molecule has 1 aliphatic rings. The lowest BCUT2D eigenvalue weighted by Crippen LogP contribution is -2.28. The van der Waals surface area contributed by atoms with E-state index in [0.717, 1.165) is 18.0 Å². The van der Waals surface area contributed by atoms with Crippen molar-refractivity contribution in [2.24, 2.45) is 10.2 Å². The average molecular weight is 170 g/mol. The highest BCUT2D eigenvalue weighted by molar-refractivity contribution is 6.71. The SMILES string of the molecule is CC1=NN=C(O[Si](C)(C)C)C1. The van der Waals surface area contributed by atoms with E-state index < -0.39 is 8.32 Å². The van der Waals surface area contributed by atoms with E-state index in [-0.39, 0.29) is 0 Å². The van der Waals surface area contributed by atoms with Crippen LogP contribution in [-0.4, -0.2) is 19.9 Å². The van der Waals surface area contributed by atoms with Gasteiger partial charge in [-0.2, -0.15) is 5.10 Å². The molecule has 0 aromatic rings. The molecule has 11 heavy (non-hydrogen) atoms. The van der Waals surface area contributed by atoms with Gasteiger partial charge in [-0.3, -0.25) is 0 Å². The summed E-state index contributed by atoms with van der Waals surface area (Å²) in [4.78, 5) is 0. The zero-order valence-electron chi connectivity index (χ0n) is 7.51. The molecule has 0 fully saturated rings. The van der Waals surface area contributed by atoms with E-state index in [9.17, 15) is 0 Å². The molecule has 0 aromatic carbocycles. The summed E-state index contributed by atoms with van der Waals surface area (Å²) in [7, 11) is -1.46. The molecular formula is C7H14N2OSi. The molecule has 4 heteroatoms. The molecule has 0 saturated heterocycles.